The van der Waals surface area contributed by atoms with Crippen LogP contribution in [0.2, 0.25) is 0 Å². The number of methoxy groups -OCH3 is 1. The molecular formula is C20H27N5O3. The maximum atomic E-state index is 12.5. The number of aromatic nitrogens is 2. The fraction of sp³-hybridized carbons (Fsp3) is 0.450. The summed E-state index contributed by atoms with van der Waals surface area (Å²) in [5.74, 6) is 3.93. The molecule has 1 aliphatic heterocycles. The van der Waals surface area contributed by atoms with Gasteiger partial charge in [0.1, 0.15) is 29.0 Å². The number of carbonyl (C=O) groups is 1. The van der Waals surface area contributed by atoms with Gasteiger partial charge in [0.2, 0.25) is 0 Å². The molecule has 0 unspecified atom stereocenters. The van der Waals surface area contributed by atoms with Crippen LogP contribution in [0, 0.1) is 6.92 Å². The van der Waals surface area contributed by atoms with Crippen LogP contribution in [0.25, 0.3) is 0 Å². The zero-order valence-corrected chi connectivity index (χ0v) is 16.9. The number of nitrogens with zero attached hydrogens (tertiary/aromatic N) is 5. The molecule has 1 aromatic heterocycles. The highest BCUT2D eigenvalue weighted by atomic mass is 16.5. The number of hydrogen-bond donors (Lipinski definition) is 0. The standard InChI is InChI=1S/C20H27N5O3/c1-15-21-18(23(2)3)13-19(22-15)24-9-11-25(12-10-24)20(26)14-28-17-7-5-16(27-4)6-8-17/h5-8,13H,9-12,14H2,1-4H3. The number of amides is 1. The minimum Gasteiger partial charge on any atom is -0.497 e. The van der Waals surface area contributed by atoms with Crippen LogP contribution in [0.15, 0.2) is 30.3 Å². The van der Waals surface area contributed by atoms with E-state index in [1.165, 1.54) is 0 Å². The van der Waals surface area contributed by atoms with E-state index in [2.05, 4.69) is 14.9 Å². The van der Waals surface area contributed by atoms with Gasteiger partial charge in [-0.3, -0.25) is 4.79 Å². The van der Waals surface area contributed by atoms with E-state index >= 15 is 0 Å². The lowest BCUT2D eigenvalue weighted by Crippen LogP contribution is -2.50. The van der Waals surface area contributed by atoms with E-state index in [-0.39, 0.29) is 12.5 Å². The number of ether oxygens (including phenoxy) is 2. The lowest BCUT2D eigenvalue weighted by atomic mass is 10.3. The van der Waals surface area contributed by atoms with E-state index < -0.39 is 0 Å². The normalized spacial score (nSPS) is 14.0. The van der Waals surface area contributed by atoms with Crippen molar-refractivity contribution in [3.05, 3.63) is 36.2 Å². The Morgan fingerprint density at radius 2 is 1.71 bits per heavy atom. The van der Waals surface area contributed by atoms with Gasteiger partial charge >= 0.3 is 0 Å². The fourth-order valence-corrected chi connectivity index (χ4v) is 3.02. The number of piperazine rings is 1. The van der Waals surface area contributed by atoms with Gasteiger partial charge < -0.3 is 24.2 Å². The SMILES string of the molecule is COc1ccc(OCC(=O)N2CCN(c3cc(N(C)C)nc(C)n3)CC2)cc1. The van der Waals surface area contributed by atoms with Crippen LogP contribution >= 0.6 is 0 Å². The second-order valence-corrected chi connectivity index (χ2v) is 6.86. The summed E-state index contributed by atoms with van der Waals surface area (Å²) in [6.07, 6.45) is 0. The highest BCUT2D eigenvalue weighted by Gasteiger charge is 2.23. The van der Waals surface area contributed by atoms with Crippen molar-refractivity contribution in [2.75, 3.05) is 63.8 Å². The van der Waals surface area contributed by atoms with Crippen molar-refractivity contribution in [3.63, 3.8) is 0 Å². The summed E-state index contributed by atoms with van der Waals surface area (Å²) in [4.78, 5) is 27.4. The molecule has 2 heterocycles. The molecule has 0 radical (unpaired) electrons. The molecule has 0 saturated carbocycles. The van der Waals surface area contributed by atoms with Crippen molar-refractivity contribution in [2.45, 2.75) is 6.92 Å². The molecule has 8 heteroatoms. The summed E-state index contributed by atoms with van der Waals surface area (Å²) in [6.45, 7) is 4.68. The highest BCUT2D eigenvalue weighted by molar-refractivity contribution is 5.78. The average Bonchev–Trinajstić information content (AvgIpc) is 2.72. The summed E-state index contributed by atoms with van der Waals surface area (Å²) in [5.41, 5.74) is 0. The second-order valence-electron chi connectivity index (χ2n) is 6.86. The first kappa shape index (κ1) is 19.7. The molecule has 1 fully saturated rings. The van der Waals surface area contributed by atoms with Crippen molar-refractivity contribution in [1.82, 2.24) is 14.9 Å². The predicted octanol–water partition coefficient (Wildman–Crippen LogP) is 1.59. The Morgan fingerprint density at radius 3 is 2.32 bits per heavy atom. The van der Waals surface area contributed by atoms with Gasteiger partial charge in [-0.05, 0) is 31.2 Å². The molecule has 0 spiro atoms. The first-order chi connectivity index (χ1) is 13.5. The molecule has 0 bridgehead atoms. The number of hydrogen-bond acceptors (Lipinski definition) is 7. The lowest BCUT2D eigenvalue weighted by Gasteiger charge is -2.35. The van der Waals surface area contributed by atoms with Crippen LogP contribution in [0.1, 0.15) is 5.82 Å². The molecule has 0 aliphatic carbocycles. The van der Waals surface area contributed by atoms with Gasteiger partial charge in [0.15, 0.2) is 6.61 Å². The Morgan fingerprint density at radius 1 is 1.07 bits per heavy atom. The monoisotopic (exact) mass is 385 g/mol. The van der Waals surface area contributed by atoms with E-state index in [1.807, 2.05) is 49.0 Å². The Labute approximate surface area is 165 Å². The number of rotatable bonds is 6. The van der Waals surface area contributed by atoms with Crippen LogP contribution in [-0.4, -0.2) is 74.8 Å². The van der Waals surface area contributed by atoms with Gasteiger partial charge in [-0.2, -0.15) is 0 Å². The van der Waals surface area contributed by atoms with Gasteiger partial charge in [-0.25, -0.2) is 9.97 Å². The third-order valence-corrected chi connectivity index (χ3v) is 4.65. The van der Waals surface area contributed by atoms with Crippen LogP contribution in [0.3, 0.4) is 0 Å². The smallest absolute Gasteiger partial charge is 0.260 e. The summed E-state index contributed by atoms with van der Waals surface area (Å²) in [6, 6.07) is 9.19. The van der Waals surface area contributed by atoms with E-state index in [9.17, 15) is 4.79 Å². The molecule has 1 saturated heterocycles. The maximum absolute atomic E-state index is 12.5. The van der Waals surface area contributed by atoms with Crippen LogP contribution in [0.5, 0.6) is 11.5 Å². The van der Waals surface area contributed by atoms with Crippen LogP contribution in [0.4, 0.5) is 11.6 Å². The Kier molecular flexibility index (Phi) is 6.18. The minimum atomic E-state index is -0.0108. The molecule has 3 rings (SSSR count). The lowest BCUT2D eigenvalue weighted by molar-refractivity contribution is -0.133. The zero-order chi connectivity index (χ0) is 20.1. The largest absolute Gasteiger partial charge is 0.497 e. The summed E-state index contributed by atoms with van der Waals surface area (Å²) >= 11 is 0. The van der Waals surface area contributed by atoms with Crippen molar-refractivity contribution in [3.8, 4) is 11.5 Å². The molecule has 28 heavy (non-hydrogen) atoms. The number of carbonyl (C=O) groups excluding carboxylic acids is 1. The van der Waals surface area contributed by atoms with Gasteiger partial charge in [0.25, 0.3) is 5.91 Å². The molecule has 0 N–H and O–H groups in total. The third kappa shape index (κ3) is 4.82. The first-order valence-electron chi connectivity index (χ1n) is 9.29. The van der Waals surface area contributed by atoms with Crippen molar-refractivity contribution in [1.29, 1.82) is 0 Å². The van der Waals surface area contributed by atoms with Crippen LogP contribution in [-0.2, 0) is 4.79 Å². The Balaban J connectivity index is 1.52. The van der Waals surface area contributed by atoms with Gasteiger partial charge in [-0.15, -0.1) is 0 Å². The Hall–Kier alpha value is -3.03. The quantitative estimate of drug-likeness (QED) is 0.748. The molecular weight excluding hydrogens is 358 g/mol. The van der Waals surface area contributed by atoms with E-state index in [0.717, 1.165) is 36.3 Å². The first-order valence-corrected chi connectivity index (χ1v) is 9.29. The van der Waals surface area contributed by atoms with Crippen molar-refractivity contribution < 1.29 is 14.3 Å². The van der Waals surface area contributed by atoms with E-state index in [4.69, 9.17) is 9.47 Å². The van der Waals surface area contributed by atoms with Crippen molar-refractivity contribution in [2.24, 2.45) is 0 Å². The summed E-state index contributed by atoms with van der Waals surface area (Å²) < 4.78 is 10.7. The molecule has 0 atom stereocenters. The van der Waals surface area contributed by atoms with E-state index in [1.54, 1.807) is 19.2 Å². The highest BCUT2D eigenvalue weighted by Crippen LogP contribution is 2.20. The van der Waals surface area contributed by atoms with E-state index in [0.29, 0.717) is 18.8 Å². The molecule has 2 aromatic rings. The fourth-order valence-electron chi connectivity index (χ4n) is 3.02. The topological polar surface area (TPSA) is 71.0 Å². The predicted molar refractivity (Wildman–Crippen MR) is 108 cm³/mol. The summed E-state index contributed by atoms with van der Waals surface area (Å²) in [5, 5.41) is 0. The second kappa shape index (κ2) is 8.77. The number of benzene rings is 1. The van der Waals surface area contributed by atoms with Gasteiger partial charge in [0.05, 0.1) is 7.11 Å². The third-order valence-electron chi connectivity index (χ3n) is 4.65. The number of anilines is 2. The molecule has 8 nitrogen and oxygen atoms in total. The Bertz CT molecular complexity index is 802. The molecule has 150 valence electrons. The minimum absolute atomic E-state index is 0.0108. The van der Waals surface area contributed by atoms with Crippen LogP contribution < -0.4 is 19.3 Å². The average molecular weight is 385 g/mol. The van der Waals surface area contributed by atoms with Gasteiger partial charge in [-0.1, -0.05) is 0 Å². The summed E-state index contributed by atoms with van der Waals surface area (Å²) in [7, 11) is 5.54. The molecule has 1 amide bonds. The number of aryl methyl sites for hydroxylation is 1. The molecule has 1 aromatic carbocycles. The zero-order valence-electron chi connectivity index (χ0n) is 16.9. The van der Waals surface area contributed by atoms with Gasteiger partial charge in [0, 0.05) is 46.3 Å². The van der Waals surface area contributed by atoms with Crippen molar-refractivity contribution >= 4 is 17.5 Å². The maximum Gasteiger partial charge on any atom is 0.260 e. The molecule has 1 aliphatic rings.